The normalized spacial score (nSPS) is 24.3. The predicted molar refractivity (Wildman–Crippen MR) is 111 cm³/mol. The summed E-state index contributed by atoms with van der Waals surface area (Å²) in [5.41, 5.74) is 1.19. The fraction of sp³-hybridized carbons (Fsp3) is 0.375. The number of esters is 1. The number of benzene rings is 2. The maximum absolute atomic E-state index is 13.1. The Labute approximate surface area is 175 Å². The number of Topliss-reactive ketones (excluding diaryl/α,β-unsaturated/α-hetero) is 1. The molecule has 30 heavy (non-hydrogen) atoms. The lowest BCUT2D eigenvalue weighted by Crippen LogP contribution is -2.37. The van der Waals surface area contributed by atoms with Crippen molar-refractivity contribution in [1.82, 2.24) is 0 Å². The number of hydrogen-bond donors (Lipinski definition) is 1. The fourth-order valence-corrected chi connectivity index (χ4v) is 4.93. The molecule has 1 N–H and O–H groups in total. The molecule has 2 aliphatic rings. The van der Waals surface area contributed by atoms with Crippen LogP contribution in [0.1, 0.15) is 29.6 Å². The largest absolute Gasteiger partial charge is 0.497 e. The summed E-state index contributed by atoms with van der Waals surface area (Å²) in [6.45, 7) is -0.379. The molecule has 2 saturated carbocycles. The Hall–Kier alpha value is -3.15. The summed E-state index contributed by atoms with van der Waals surface area (Å²) < 4.78 is 10.5. The highest BCUT2D eigenvalue weighted by molar-refractivity contribution is 6.01. The van der Waals surface area contributed by atoms with Crippen molar-refractivity contribution >= 4 is 23.3 Å². The molecule has 4 atom stereocenters. The van der Waals surface area contributed by atoms with Crippen LogP contribution in [0.5, 0.6) is 5.75 Å². The van der Waals surface area contributed by atoms with Crippen LogP contribution in [0.2, 0.25) is 0 Å². The van der Waals surface area contributed by atoms with Gasteiger partial charge in [-0.05, 0) is 43.2 Å². The van der Waals surface area contributed by atoms with Crippen LogP contribution in [-0.4, -0.2) is 31.4 Å². The molecule has 2 fully saturated rings. The summed E-state index contributed by atoms with van der Waals surface area (Å²) in [7, 11) is 1.55. The van der Waals surface area contributed by atoms with E-state index in [0.29, 0.717) is 17.0 Å². The molecule has 6 heteroatoms. The number of fused-ring (bicyclic) bond motifs is 2. The Bertz CT molecular complexity index is 942. The third-order valence-corrected chi connectivity index (χ3v) is 6.25. The van der Waals surface area contributed by atoms with Crippen molar-refractivity contribution in [3.63, 3.8) is 0 Å². The number of carbonyl (C=O) groups is 3. The first-order chi connectivity index (χ1) is 14.6. The lowest BCUT2D eigenvalue weighted by Gasteiger charge is -2.28. The zero-order chi connectivity index (χ0) is 21.1. The first-order valence-electron chi connectivity index (χ1n) is 10.3. The van der Waals surface area contributed by atoms with Crippen LogP contribution in [0.25, 0.3) is 0 Å². The van der Waals surface area contributed by atoms with Crippen molar-refractivity contribution in [1.29, 1.82) is 0 Å². The van der Waals surface area contributed by atoms with E-state index in [1.54, 1.807) is 43.5 Å². The number of ether oxygens (including phenoxy) is 2. The van der Waals surface area contributed by atoms with Gasteiger partial charge >= 0.3 is 5.97 Å². The number of carbonyl (C=O) groups excluding carboxylic acids is 3. The topological polar surface area (TPSA) is 81.7 Å². The molecule has 6 nitrogen and oxygen atoms in total. The minimum absolute atomic E-state index is 0.00517. The Kier molecular flexibility index (Phi) is 5.84. The minimum atomic E-state index is -0.471. The zero-order valence-electron chi connectivity index (χ0n) is 16.9. The Balaban J connectivity index is 1.39. The number of amides is 1. The van der Waals surface area contributed by atoms with E-state index in [4.69, 9.17) is 9.47 Å². The standard InChI is InChI=1S/C24H25NO5/c1-29-19-9-5-8-18(13-19)25-20(26)14-30-24(28)22-17-11-10-16(12-17)21(22)23(27)15-6-3-2-4-7-15/h2-9,13,16-17,21-22H,10-12,14H2,1H3,(H,25,26)/t16-,17-,21+,22-/m1/s1. The Morgan fingerprint density at radius 1 is 0.967 bits per heavy atom. The third-order valence-electron chi connectivity index (χ3n) is 6.25. The van der Waals surface area contributed by atoms with Crippen molar-refractivity contribution in [2.45, 2.75) is 19.3 Å². The molecule has 2 aromatic rings. The maximum Gasteiger partial charge on any atom is 0.310 e. The molecule has 2 aliphatic carbocycles. The average molecular weight is 407 g/mol. The highest BCUT2D eigenvalue weighted by Gasteiger charge is 2.54. The van der Waals surface area contributed by atoms with Crippen LogP contribution in [0, 0.1) is 23.7 Å². The number of methoxy groups -OCH3 is 1. The molecule has 4 rings (SSSR count). The molecule has 0 aromatic heterocycles. The predicted octanol–water partition coefficient (Wildman–Crippen LogP) is 3.72. The van der Waals surface area contributed by atoms with Crippen LogP contribution in [-0.2, 0) is 14.3 Å². The molecule has 156 valence electrons. The second-order valence-electron chi connectivity index (χ2n) is 8.00. The minimum Gasteiger partial charge on any atom is -0.497 e. The molecule has 2 bridgehead atoms. The highest BCUT2D eigenvalue weighted by atomic mass is 16.5. The highest BCUT2D eigenvalue weighted by Crippen LogP contribution is 2.53. The van der Waals surface area contributed by atoms with E-state index >= 15 is 0 Å². The monoisotopic (exact) mass is 407 g/mol. The van der Waals surface area contributed by atoms with Crippen molar-refractivity contribution in [2.24, 2.45) is 23.7 Å². The van der Waals surface area contributed by atoms with E-state index in [9.17, 15) is 14.4 Å². The van der Waals surface area contributed by atoms with E-state index in [-0.39, 0.29) is 30.1 Å². The molecule has 2 aromatic carbocycles. The number of ketones is 1. The SMILES string of the molecule is COc1cccc(NC(=O)COC(=O)[C@@H]2[C@@H]3CC[C@H](C3)[C@@H]2C(=O)c2ccccc2)c1. The molecule has 0 saturated heterocycles. The van der Waals surface area contributed by atoms with Gasteiger partial charge in [-0.15, -0.1) is 0 Å². The summed E-state index contributed by atoms with van der Waals surface area (Å²) >= 11 is 0. The Morgan fingerprint density at radius 2 is 1.70 bits per heavy atom. The second kappa shape index (κ2) is 8.69. The van der Waals surface area contributed by atoms with Gasteiger partial charge in [-0.25, -0.2) is 0 Å². The van der Waals surface area contributed by atoms with Crippen LogP contribution in [0.15, 0.2) is 54.6 Å². The molecule has 1 amide bonds. The van der Waals surface area contributed by atoms with Gasteiger partial charge in [0.2, 0.25) is 0 Å². The molecule has 0 heterocycles. The number of hydrogen-bond acceptors (Lipinski definition) is 5. The number of anilines is 1. The summed E-state index contributed by atoms with van der Waals surface area (Å²) in [4.78, 5) is 38.2. The van der Waals surface area contributed by atoms with Gasteiger partial charge in [-0.1, -0.05) is 36.4 Å². The van der Waals surface area contributed by atoms with Gasteiger partial charge in [-0.3, -0.25) is 14.4 Å². The van der Waals surface area contributed by atoms with Gasteiger partial charge in [0.05, 0.1) is 13.0 Å². The lowest BCUT2D eigenvalue weighted by molar-refractivity contribution is -0.154. The lowest BCUT2D eigenvalue weighted by atomic mass is 9.75. The summed E-state index contributed by atoms with van der Waals surface area (Å²) in [6.07, 6.45) is 2.77. The average Bonchev–Trinajstić information content (AvgIpc) is 3.39. The molecule has 0 spiro atoms. The van der Waals surface area contributed by atoms with Gasteiger partial charge in [0.25, 0.3) is 5.91 Å². The van der Waals surface area contributed by atoms with Gasteiger partial charge in [0, 0.05) is 23.2 Å². The number of nitrogens with one attached hydrogen (secondary N) is 1. The smallest absolute Gasteiger partial charge is 0.310 e. The van der Waals surface area contributed by atoms with E-state index in [1.807, 2.05) is 18.2 Å². The van der Waals surface area contributed by atoms with E-state index in [2.05, 4.69) is 5.32 Å². The van der Waals surface area contributed by atoms with Gasteiger partial charge in [0.15, 0.2) is 12.4 Å². The molecule has 0 radical (unpaired) electrons. The quantitative estimate of drug-likeness (QED) is 0.559. The van der Waals surface area contributed by atoms with Gasteiger partial charge in [0.1, 0.15) is 5.75 Å². The van der Waals surface area contributed by atoms with Gasteiger partial charge in [-0.2, -0.15) is 0 Å². The molecular weight excluding hydrogens is 382 g/mol. The van der Waals surface area contributed by atoms with Crippen LogP contribution in [0.4, 0.5) is 5.69 Å². The van der Waals surface area contributed by atoms with E-state index in [0.717, 1.165) is 19.3 Å². The maximum atomic E-state index is 13.1. The van der Waals surface area contributed by atoms with Gasteiger partial charge < -0.3 is 14.8 Å². The summed E-state index contributed by atoms with van der Waals surface area (Å²) in [5, 5.41) is 2.69. The van der Waals surface area contributed by atoms with Crippen molar-refractivity contribution in [3.8, 4) is 5.75 Å². The first kappa shape index (κ1) is 20.1. The molecule has 0 unspecified atom stereocenters. The molecule has 0 aliphatic heterocycles. The van der Waals surface area contributed by atoms with Crippen LogP contribution >= 0.6 is 0 Å². The summed E-state index contributed by atoms with van der Waals surface area (Å²) in [5.74, 6) is -0.712. The number of rotatable bonds is 7. The van der Waals surface area contributed by atoms with Crippen molar-refractivity contribution < 1.29 is 23.9 Å². The third kappa shape index (κ3) is 4.08. The van der Waals surface area contributed by atoms with Crippen molar-refractivity contribution in [3.05, 3.63) is 60.2 Å². The van der Waals surface area contributed by atoms with E-state index in [1.165, 1.54) is 0 Å². The summed E-state index contributed by atoms with van der Waals surface area (Å²) in [6, 6.07) is 16.1. The second-order valence-corrected chi connectivity index (χ2v) is 8.00. The van der Waals surface area contributed by atoms with E-state index < -0.39 is 17.8 Å². The fourth-order valence-electron chi connectivity index (χ4n) is 4.93. The van der Waals surface area contributed by atoms with Crippen LogP contribution < -0.4 is 10.1 Å². The zero-order valence-corrected chi connectivity index (χ0v) is 16.9. The molecular formula is C24H25NO5. The first-order valence-corrected chi connectivity index (χ1v) is 10.3. The van der Waals surface area contributed by atoms with Crippen molar-refractivity contribution in [2.75, 3.05) is 19.0 Å². The van der Waals surface area contributed by atoms with Crippen LogP contribution in [0.3, 0.4) is 0 Å². The Morgan fingerprint density at radius 3 is 2.43 bits per heavy atom.